The number of nitro groups is 1. The molecule has 0 radical (unpaired) electrons. The van der Waals surface area contributed by atoms with E-state index in [0.717, 1.165) is 6.07 Å². The van der Waals surface area contributed by atoms with E-state index in [1.54, 1.807) is 24.3 Å². The first-order valence-electron chi connectivity index (χ1n) is 7.16. The van der Waals surface area contributed by atoms with Crippen LogP contribution in [0.15, 0.2) is 52.9 Å². The van der Waals surface area contributed by atoms with E-state index >= 15 is 0 Å². The molecule has 0 saturated heterocycles. The van der Waals surface area contributed by atoms with Crippen molar-refractivity contribution in [1.82, 2.24) is 0 Å². The van der Waals surface area contributed by atoms with Crippen LogP contribution in [-0.4, -0.2) is 10.8 Å². The van der Waals surface area contributed by atoms with Gasteiger partial charge in [0.15, 0.2) is 5.76 Å². The fourth-order valence-corrected chi connectivity index (χ4v) is 2.80. The fraction of sp³-hybridized carbons (Fsp3) is 0. The molecule has 0 aliphatic heterocycles. The molecular formula is C17H9Cl3N2O4. The molecule has 0 saturated carbocycles. The number of amides is 1. The van der Waals surface area contributed by atoms with Crippen LogP contribution >= 0.6 is 34.8 Å². The van der Waals surface area contributed by atoms with E-state index in [1.807, 2.05) is 0 Å². The van der Waals surface area contributed by atoms with Crippen LogP contribution in [0.4, 0.5) is 11.4 Å². The smallest absolute Gasteiger partial charge is 0.291 e. The predicted molar refractivity (Wildman–Crippen MR) is 100 cm³/mol. The molecular weight excluding hydrogens is 403 g/mol. The molecule has 3 rings (SSSR count). The lowest BCUT2D eigenvalue weighted by molar-refractivity contribution is -0.384. The molecule has 0 bridgehead atoms. The first kappa shape index (κ1) is 18.3. The van der Waals surface area contributed by atoms with Gasteiger partial charge in [0.05, 0.1) is 15.0 Å². The number of halogens is 3. The molecule has 0 atom stereocenters. The zero-order valence-electron chi connectivity index (χ0n) is 12.8. The van der Waals surface area contributed by atoms with E-state index in [1.165, 1.54) is 18.2 Å². The third kappa shape index (κ3) is 3.67. The van der Waals surface area contributed by atoms with E-state index in [4.69, 9.17) is 39.2 Å². The number of furan rings is 1. The summed E-state index contributed by atoms with van der Waals surface area (Å²) in [7, 11) is 0. The minimum Gasteiger partial charge on any atom is -0.451 e. The van der Waals surface area contributed by atoms with Gasteiger partial charge in [0.25, 0.3) is 11.6 Å². The van der Waals surface area contributed by atoms with E-state index in [0.29, 0.717) is 21.4 Å². The maximum atomic E-state index is 12.3. The highest BCUT2D eigenvalue weighted by Crippen LogP contribution is 2.34. The zero-order valence-corrected chi connectivity index (χ0v) is 15.1. The van der Waals surface area contributed by atoms with E-state index in [9.17, 15) is 14.9 Å². The Kier molecular flexibility index (Phi) is 5.18. The molecule has 0 aliphatic rings. The van der Waals surface area contributed by atoms with Crippen molar-refractivity contribution in [3.05, 3.63) is 79.5 Å². The molecule has 6 nitrogen and oxygen atoms in total. The highest BCUT2D eigenvalue weighted by atomic mass is 35.5. The van der Waals surface area contributed by atoms with Gasteiger partial charge in [-0.1, -0.05) is 40.9 Å². The Morgan fingerprint density at radius 3 is 2.54 bits per heavy atom. The largest absolute Gasteiger partial charge is 0.451 e. The van der Waals surface area contributed by atoms with Crippen molar-refractivity contribution in [2.75, 3.05) is 5.32 Å². The van der Waals surface area contributed by atoms with Gasteiger partial charge in [0.1, 0.15) is 10.8 Å². The van der Waals surface area contributed by atoms with Gasteiger partial charge in [-0.2, -0.15) is 0 Å². The lowest BCUT2D eigenvalue weighted by Gasteiger charge is -2.04. The zero-order chi connectivity index (χ0) is 18.8. The van der Waals surface area contributed by atoms with Crippen LogP contribution < -0.4 is 5.32 Å². The molecule has 132 valence electrons. The van der Waals surface area contributed by atoms with Gasteiger partial charge in [0.2, 0.25) is 0 Å². The van der Waals surface area contributed by atoms with Gasteiger partial charge in [-0.25, -0.2) is 0 Å². The maximum absolute atomic E-state index is 12.3. The van der Waals surface area contributed by atoms with E-state index < -0.39 is 10.8 Å². The molecule has 1 heterocycles. The molecule has 0 spiro atoms. The second-order valence-electron chi connectivity index (χ2n) is 5.14. The van der Waals surface area contributed by atoms with Crippen LogP contribution in [0.2, 0.25) is 15.1 Å². The number of nitro benzene ring substituents is 1. The third-order valence-corrected chi connectivity index (χ3v) is 4.59. The minimum absolute atomic E-state index is 0.00800. The topological polar surface area (TPSA) is 85.4 Å². The maximum Gasteiger partial charge on any atom is 0.291 e. The standard InChI is InChI=1S/C17H9Cl3N2O4/c18-11-5-4-9(8-13(11)22(24)25)21-17(23)15-7-6-14(26-15)10-2-1-3-12(19)16(10)20/h1-8H,(H,21,23). The molecule has 1 amide bonds. The quantitative estimate of drug-likeness (QED) is 0.417. The molecule has 3 aromatic rings. The highest BCUT2D eigenvalue weighted by Gasteiger charge is 2.17. The summed E-state index contributed by atoms with van der Waals surface area (Å²) in [6.07, 6.45) is 0. The molecule has 2 aromatic carbocycles. The summed E-state index contributed by atoms with van der Waals surface area (Å²) in [6.45, 7) is 0. The minimum atomic E-state index is -0.635. The fourth-order valence-electron chi connectivity index (χ4n) is 2.22. The summed E-state index contributed by atoms with van der Waals surface area (Å²) < 4.78 is 5.53. The summed E-state index contributed by atoms with van der Waals surface area (Å²) in [5.74, 6) is -0.204. The summed E-state index contributed by atoms with van der Waals surface area (Å²) in [4.78, 5) is 22.6. The third-order valence-electron chi connectivity index (χ3n) is 3.45. The van der Waals surface area contributed by atoms with Crippen molar-refractivity contribution >= 4 is 52.1 Å². The number of nitrogens with zero attached hydrogens (tertiary/aromatic N) is 1. The predicted octanol–water partition coefficient (Wildman–Crippen LogP) is 6.07. The van der Waals surface area contributed by atoms with E-state index in [2.05, 4.69) is 5.32 Å². The molecule has 9 heteroatoms. The Bertz CT molecular complexity index is 1020. The van der Waals surface area contributed by atoms with Gasteiger partial charge in [0, 0.05) is 17.3 Å². The van der Waals surface area contributed by atoms with Crippen LogP contribution in [0.1, 0.15) is 10.6 Å². The van der Waals surface area contributed by atoms with Crippen molar-refractivity contribution in [1.29, 1.82) is 0 Å². The SMILES string of the molecule is O=C(Nc1ccc(Cl)c([N+](=O)[O-])c1)c1ccc(-c2cccc(Cl)c2Cl)o1. The van der Waals surface area contributed by atoms with Crippen LogP contribution in [0.5, 0.6) is 0 Å². The average molecular weight is 412 g/mol. The number of hydrogen-bond acceptors (Lipinski definition) is 4. The van der Waals surface area contributed by atoms with Crippen LogP contribution in [0.3, 0.4) is 0 Å². The second-order valence-corrected chi connectivity index (χ2v) is 6.34. The lowest BCUT2D eigenvalue weighted by Crippen LogP contribution is -2.11. The Morgan fingerprint density at radius 2 is 1.81 bits per heavy atom. The normalized spacial score (nSPS) is 10.6. The molecule has 0 fully saturated rings. The number of carbonyl (C=O) groups excluding carboxylic acids is 1. The number of carbonyl (C=O) groups is 1. The lowest BCUT2D eigenvalue weighted by atomic mass is 10.2. The number of anilines is 1. The van der Waals surface area contributed by atoms with Crippen molar-refractivity contribution in [3.63, 3.8) is 0 Å². The van der Waals surface area contributed by atoms with Gasteiger partial charge < -0.3 is 9.73 Å². The first-order valence-corrected chi connectivity index (χ1v) is 8.29. The molecule has 0 unspecified atom stereocenters. The van der Waals surface area contributed by atoms with Crippen molar-refractivity contribution in [2.24, 2.45) is 0 Å². The van der Waals surface area contributed by atoms with Crippen LogP contribution in [0, 0.1) is 10.1 Å². The summed E-state index contributed by atoms with van der Waals surface area (Å²) in [5.41, 5.74) is 0.445. The van der Waals surface area contributed by atoms with Crippen molar-refractivity contribution in [3.8, 4) is 11.3 Å². The van der Waals surface area contributed by atoms with Crippen molar-refractivity contribution in [2.45, 2.75) is 0 Å². The monoisotopic (exact) mass is 410 g/mol. The van der Waals surface area contributed by atoms with Gasteiger partial charge in [-0.05, 0) is 36.4 Å². The molecule has 1 N–H and O–H groups in total. The van der Waals surface area contributed by atoms with Gasteiger partial charge in [-0.3, -0.25) is 14.9 Å². The van der Waals surface area contributed by atoms with Crippen molar-refractivity contribution < 1.29 is 14.1 Å². The second kappa shape index (κ2) is 7.37. The van der Waals surface area contributed by atoms with Gasteiger partial charge >= 0.3 is 0 Å². The summed E-state index contributed by atoms with van der Waals surface area (Å²) in [6, 6.07) is 12.0. The van der Waals surface area contributed by atoms with Crippen LogP contribution in [-0.2, 0) is 0 Å². The average Bonchev–Trinajstić information content (AvgIpc) is 3.08. The number of benzene rings is 2. The molecule has 0 aliphatic carbocycles. The molecule has 1 aromatic heterocycles. The number of rotatable bonds is 4. The highest BCUT2D eigenvalue weighted by molar-refractivity contribution is 6.43. The Morgan fingerprint density at radius 1 is 1.04 bits per heavy atom. The number of hydrogen-bond donors (Lipinski definition) is 1. The first-order chi connectivity index (χ1) is 12.4. The Balaban J connectivity index is 1.84. The molecule has 26 heavy (non-hydrogen) atoms. The van der Waals surface area contributed by atoms with Gasteiger partial charge in [-0.15, -0.1) is 0 Å². The summed E-state index contributed by atoms with van der Waals surface area (Å²) in [5, 5.41) is 14.1. The van der Waals surface area contributed by atoms with Crippen LogP contribution in [0.25, 0.3) is 11.3 Å². The van der Waals surface area contributed by atoms with E-state index in [-0.39, 0.29) is 22.2 Å². The summed E-state index contributed by atoms with van der Waals surface area (Å²) >= 11 is 17.9. The number of nitrogens with one attached hydrogen (secondary N) is 1. The Labute approximate surface area is 162 Å². The Hall–Kier alpha value is -2.54.